The Morgan fingerprint density at radius 1 is 1.29 bits per heavy atom. The average Bonchev–Trinajstić information content (AvgIpc) is 2.74. The van der Waals surface area contributed by atoms with Crippen LogP contribution in [0.5, 0.6) is 0 Å². The number of hydrogen-bond donors (Lipinski definition) is 1. The number of nitrogens with zero attached hydrogens (tertiary/aromatic N) is 4. The standard InChI is InChI=1S/C12H23N5/c1-11(2)9-17-12(13-10-15-17)8-14-16-6-4-3-5-7-16/h10-11,14H,3-9H2,1-2H3. The molecule has 2 heterocycles. The highest BCUT2D eigenvalue weighted by Gasteiger charge is 2.11. The van der Waals surface area contributed by atoms with Gasteiger partial charge >= 0.3 is 0 Å². The molecule has 0 aliphatic carbocycles. The van der Waals surface area contributed by atoms with Crippen LogP contribution in [0.15, 0.2) is 6.33 Å². The van der Waals surface area contributed by atoms with Crippen LogP contribution >= 0.6 is 0 Å². The lowest BCUT2D eigenvalue weighted by Gasteiger charge is -2.26. The van der Waals surface area contributed by atoms with Gasteiger partial charge in [-0.05, 0) is 18.8 Å². The van der Waals surface area contributed by atoms with Crippen LogP contribution in [0.25, 0.3) is 0 Å². The Morgan fingerprint density at radius 3 is 2.76 bits per heavy atom. The molecule has 1 N–H and O–H groups in total. The molecule has 0 saturated carbocycles. The van der Waals surface area contributed by atoms with Crippen molar-refractivity contribution >= 4 is 0 Å². The van der Waals surface area contributed by atoms with Crippen LogP contribution in [-0.2, 0) is 13.1 Å². The van der Waals surface area contributed by atoms with Crippen LogP contribution in [0.2, 0.25) is 0 Å². The maximum Gasteiger partial charge on any atom is 0.142 e. The third-order valence-corrected chi connectivity index (χ3v) is 3.05. The Morgan fingerprint density at radius 2 is 2.06 bits per heavy atom. The first kappa shape index (κ1) is 12.5. The highest BCUT2D eigenvalue weighted by atomic mass is 15.5. The average molecular weight is 237 g/mol. The van der Waals surface area contributed by atoms with Gasteiger partial charge < -0.3 is 0 Å². The van der Waals surface area contributed by atoms with E-state index >= 15 is 0 Å². The summed E-state index contributed by atoms with van der Waals surface area (Å²) in [4.78, 5) is 4.32. The van der Waals surface area contributed by atoms with Gasteiger partial charge in [-0.25, -0.2) is 20.1 Å². The molecule has 1 fully saturated rings. The molecule has 5 nitrogen and oxygen atoms in total. The van der Waals surface area contributed by atoms with Crippen LogP contribution in [0.1, 0.15) is 38.9 Å². The fourth-order valence-electron chi connectivity index (χ4n) is 2.16. The fraction of sp³-hybridized carbons (Fsp3) is 0.833. The molecule has 0 spiro atoms. The molecule has 96 valence electrons. The molecular weight excluding hydrogens is 214 g/mol. The first-order valence-corrected chi connectivity index (χ1v) is 6.61. The molecule has 1 aliphatic heterocycles. The minimum atomic E-state index is 0.602. The Bertz CT molecular complexity index is 327. The number of aromatic nitrogens is 3. The van der Waals surface area contributed by atoms with Crippen molar-refractivity contribution in [3.05, 3.63) is 12.2 Å². The maximum absolute atomic E-state index is 4.32. The van der Waals surface area contributed by atoms with Crippen molar-refractivity contribution in [3.63, 3.8) is 0 Å². The summed E-state index contributed by atoms with van der Waals surface area (Å²) < 4.78 is 2.00. The third-order valence-electron chi connectivity index (χ3n) is 3.05. The molecule has 1 aliphatic rings. The number of rotatable bonds is 5. The van der Waals surface area contributed by atoms with E-state index < -0.39 is 0 Å². The number of hydrogen-bond acceptors (Lipinski definition) is 4. The molecule has 1 aromatic heterocycles. The molecule has 17 heavy (non-hydrogen) atoms. The SMILES string of the molecule is CC(C)Cn1ncnc1CNN1CCCCC1. The smallest absolute Gasteiger partial charge is 0.142 e. The van der Waals surface area contributed by atoms with Crippen molar-refractivity contribution < 1.29 is 0 Å². The monoisotopic (exact) mass is 237 g/mol. The molecule has 0 radical (unpaired) electrons. The van der Waals surface area contributed by atoms with Gasteiger partial charge in [0.25, 0.3) is 0 Å². The quantitative estimate of drug-likeness (QED) is 0.841. The first-order valence-electron chi connectivity index (χ1n) is 6.61. The molecule has 0 atom stereocenters. The summed E-state index contributed by atoms with van der Waals surface area (Å²) in [6, 6.07) is 0. The van der Waals surface area contributed by atoms with Crippen molar-refractivity contribution in [1.82, 2.24) is 25.2 Å². The molecule has 1 aromatic rings. The second-order valence-corrected chi connectivity index (χ2v) is 5.13. The number of piperidine rings is 1. The van der Waals surface area contributed by atoms with Crippen LogP contribution in [0.3, 0.4) is 0 Å². The maximum atomic E-state index is 4.32. The van der Waals surface area contributed by atoms with E-state index in [1.807, 2.05) is 4.68 Å². The summed E-state index contributed by atoms with van der Waals surface area (Å²) in [6.45, 7) is 8.42. The van der Waals surface area contributed by atoms with E-state index in [9.17, 15) is 0 Å². The van der Waals surface area contributed by atoms with Crippen molar-refractivity contribution in [2.75, 3.05) is 13.1 Å². The van der Waals surface area contributed by atoms with Crippen molar-refractivity contribution in [2.24, 2.45) is 5.92 Å². The summed E-state index contributed by atoms with van der Waals surface area (Å²) in [6.07, 6.45) is 5.61. The molecule has 0 bridgehead atoms. The van der Waals surface area contributed by atoms with Crippen LogP contribution in [-0.4, -0.2) is 32.9 Å². The summed E-state index contributed by atoms with van der Waals surface area (Å²) >= 11 is 0. The molecule has 0 unspecified atom stereocenters. The second-order valence-electron chi connectivity index (χ2n) is 5.13. The van der Waals surface area contributed by atoms with Gasteiger partial charge in [0.05, 0.1) is 6.54 Å². The lowest BCUT2D eigenvalue weighted by Crippen LogP contribution is -2.41. The van der Waals surface area contributed by atoms with E-state index in [2.05, 4.69) is 34.4 Å². The zero-order valence-electron chi connectivity index (χ0n) is 10.9. The van der Waals surface area contributed by atoms with Crippen LogP contribution in [0.4, 0.5) is 0 Å². The Kier molecular flexibility index (Phi) is 4.50. The minimum absolute atomic E-state index is 0.602. The second kappa shape index (κ2) is 6.12. The lowest BCUT2D eigenvalue weighted by molar-refractivity contribution is 0.148. The lowest BCUT2D eigenvalue weighted by atomic mass is 10.2. The Hall–Kier alpha value is -0.940. The van der Waals surface area contributed by atoms with Gasteiger partial charge in [-0.15, -0.1) is 0 Å². The van der Waals surface area contributed by atoms with Crippen molar-refractivity contribution in [2.45, 2.75) is 46.2 Å². The van der Waals surface area contributed by atoms with E-state index in [1.54, 1.807) is 6.33 Å². The van der Waals surface area contributed by atoms with E-state index in [-0.39, 0.29) is 0 Å². The van der Waals surface area contributed by atoms with Gasteiger partial charge in [0.2, 0.25) is 0 Å². The first-order chi connectivity index (χ1) is 8.25. The normalized spacial score (nSPS) is 17.8. The summed E-state index contributed by atoms with van der Waals surface area (Å²) in [5.74, 6) is 1.63. The van der Waals surface area contributed by atoms with Gasteiger partial charge in [-0.1, -0.05) is 20.3 Å². The molecule has 0 aromatic carbocycles. The summed E-state index contributed by atoms with van der Waals surface area (Å²) in [5.41, 5.74) is 3.45. The highest BCUT2D eigenvalue weighted by Crippen LogP contribution is 2.07. The van der Waals surface area contributed by atoms with Gasteiger partial charge in [0.15, 0.2) is 0 Å². The van der Waals surface area contributed by atoms with Gasteiger partial charge in [-0.3, -0.25) is 0 Å². The predicted molar refractivity (Wildman–Crippen MR) is 67.1 cm³/mol. The predicted octanol–water partition coefficient (Wildman–Crippen LogP) is 1.42. The zero-order valence-corrected chi connectivity index (χ0v) is 10.9. The Labute approximate surface area is 103 Å². The highest BCUT2D eigenvalue weighted by molar-refractivity contribution is 4.83. The van der Waals surface area contributed by atoms with Crippen LogP contribution in [0, 0.1) is 5.92 Å². The van der Waals surface area contributed by atoms with E-state index in [0.717, 1.165) is 32.0 Å². The number of nitrogens with one attached hydrogen (secondary N) is 1. The zero-order chi connectivity index (χ0) is 12.1. The third kappa shape index (κ3) is 3.78. The van der Waals surface area contributed by atoms with Crippen LogP contribution < -0.4 is 5.43 Å². The van der Waals surface area contributed by atoms with Crippen molar-refractivity contribution in [3.8, 4) is 0 Å². The van der Waals surface area contributed by atoms with E-state index in [1.165, 1.54) is 19.3 Å². The van der Waals surface area contributed by atoms with Gasteiger partial charge in [-0.2, -0.15) is 5.10 Å². The topological polar surface area (TPSA) is 46.0 Å². The molecule has 2 rings (SSSR count). The number of hydrazine groups is 1. The Balaban J connectivity index is 1.83. The molecule has 1 saturated heterocycles. The minimum Gasteiger partial charge on any atom is -0.248 e. The molecular formula is C12H23N5. The van der Waals surface area contributed by atoms with Crippen molar-refractivity contribution in [1.29, 1.82) is 0 Å². The fourth-order valence-corrected chi connectivity index (χ4v) is 2.16. The van der Waals surface area contributed by atoms with Gasteiger partial charge in [0.1, 0.15) is 12.2 Å². The summed E-state index contributed by atoms with van der Waals surface area (Å²) in [7, 11) is 0. The van der Waals surface area contributed by atoms with E-state index in [0.29, 0.717) is 5.92 Å². The largest absolute Gasteiger partial charge is 0.248 e. The summed E-state index contributed by atoms with van der Waals surface area (Å²) in [5, 5.41) is 6.57. The van der Waals surface area contributed by atoms with Gasteiger partial charge in [0, 0.05) is 19.6 Å². The molecule has 5 heteroatoms. The molecule has 0 amide bonds. The van der Waals surface area contributed by atoms with E-state index in [4.69, 9.17) is 0 Å².